The lowest BCUT2D eigenvalue weighted by atomic mass is 9.84. The molecule has 156 valence electrons. The first-order valence-electron chi connectivity index (χ1n) is 10.3. The predicted molar refractivity (Wildman–Crippen MR) is 116 cm³/mol. The number of hydrogen-bond donors (Lipinski definition) is 2. The third-order valence-electron chi connectivity index (χ3n) is 5.71. The van der Waals surface area contributed by atoms with Crippen LogP contribution in [0.25, 0.3) is 0 Å². The zero-order chi connectivity index (χ0) is 20.4. The molecule has 0 spiro atoms. The van der Waals surface area contributed by atoms with Gasteiger partial charge >= 0.3 is 0 Å². The van der Waals surface area contributed by atoms with Crippen molar-refractivity contribution in [3.8, 4) is 5.75 Å². The number of fused-ring (bicyclic) bond motifs is 1. The molecule has 0 bridgehead atoms. The lowest BCUT2D eigenvalue weighted by Crippen LogP contribution is -2.59. The lowest BCUT2D eigenvalue weighted by molar-refractivity contribution is 0.238. The first-order valence-corrected chi connectivity index (χ1v) is 11.9. The van der Waals surface area contributed by atoms with Crippen LogP contribution in [0.4, 0.5) is 5.69 Å². The summed E-state index contributed by atoms with van der Waals surface area (Å²) < 4.78 is 32.6. The van der Waals surface area contributed by atoms with E-state index in [0.717, 1.165) is 23.4 Å². The summed E-state index contributed by atoms with van der Waals surface area (Å²) in [6.45, 7) is 3.75. The molecule has 1 fully saturated rings. The standard InChI is InChI=1S/C22H29N3O3S/c1-2-10-29(26,27)24-17-13-25(14-17)18-8-9-22-20(12-18)19(21(23)15-28-22)11-16-6-4-3-5-7-16/h3-9,12,17,19,21,24H,2,10-11,13-15,23H2,1H3/t19-,21+/m0/s1. The summed E-state index contributed by atoms with van der Waals surface area (Å²) in [5.41, 5.74) is 9.91. The predicted octanol–water partition coefficient (Wildman–Crippen LogP) is 2.25. The Balaban J connectivity index is 1.48. The molecule has 0 aliphatic carbocycles. The molecule has 29 heavy (non-hydrogen) atoms. The number of ether oxygens (including phenoxy) is 1. The fourth-order valence-corrected chi connectivity index (χ4v) is 5.47. The smallest absolute Gasteiger partial charge is 0.211 e. The average Bonchev–Trinajstić information content (AvgIpc) is 2.67. The number of benzene rings is 2. The van der Waals surface area contributed by atoms with Crippen LogP contribution in [-0.4, -0.2) is 46.0 Å². The molecule has 0 amide bonds. The summed E-state index contributed by atoms with van der Waals surface area (Å²) in [5.74, 6) is 1.27. The molecule has 1 saturated heterocycles. The molecule has 4 rings (SSSR count). The zero-order valence-electron chi connectivity index (χ0n) is 16.8. The Morgan fingerprint density at radius 3 is 2.66 bits per heavy atom. The largest absolute Gasteiger partial charge is 0.492 e. The highest BCUT2D eigenvalue weighted by Gasteiger charge is 2.33. The van der Waals surface area contributed by atoms with E-state index in [2.05, 4.69) is 40.0 Å². The van der Waals surface area contributed by atoms with Crippen LogP contribution in [0.3, 0.4) is 0 Å². The summed E-state index contributed by atoms with van der Waals surface area (Å²) >= 11 is 0. The number of sulfonamides is 1. The molecular weight excluding hydrogens is 386 g/mol. The second-order valence-corrected chi connectivity index (χ2v) is 9.91. The molecule has 0 unspecified atom stereocenters. The van der Waals surface area contributed by atoms with Gasteiger partial charge in [0, 0.05) is 36.3 Å². The molecule has 2 aromatic rings. The van der Waals surface area contributed by atoms with E-state index >= 15 is 0 Å². The van der Waals surface area contributed by atoms with Gasteiger partial charge in [-0.2, -0.15) is 0 Å². The minimum absolute atomic E-state index is 0.0267. The van der Waals surface area contributed by atoms with E-state index in [-0.39, 0.29) is 23.8 Å². The highest BCUT2D eigenvalue weighted by molar-refractivity contribution is 7.89. The van der Waals surface area contributed by atoms with Gasteiger partial charge in [0.2, 0.25) is 10.0 Å². The van der Waals surface area contributed by atoms with Crippen molar-refractivity contribution < 1.29 is 13.2 Å². The van der Waals surface area contributed by atoms with E-state index in [9.17, 15) is 8.42 Å². The van der Waals surface area contributed by atoms with Gasteiger partial charge in [0.05, 0.1) is 11.8 Å². The van der Waals surface area contributed by atoms with Crippen molar-refractivity contribution in [2.45, 2.75) is 37.8 Å². The van der Waals surface area contributed by atoms with E-state index in [4.69, 9.17) is 10.5 Å². The number of nitrogens with zero attached hydrogens (tertiary/aromatic N) is 1. The highest BCUT2D eigenvalue weighted by atomic mass is 32.2. The molecule has 7 heteroatoms. The van der Waals surface area contributed by atoms with E-state index in [0.29, 0.717) is 26.1 Å². The van der Waals surface area contributed by atoms with Crippen LogP contribution >= 0.6 is 0 Å². The van der Waals surface area contributed by atoms with Gasteiger partial charge in [-0.3, -0.25) is 0 Å². The summed E-state index contributed by atoms with van der Waals surface area (Å²) in [6, 6.07) is 16.5. The number of nitrogens with two attached hydrogens (primary N) is 1. The molecule has 2 atom stereocenters. The number of nitrogens with one attached hydrogen (secondary N) is 1. The third kappa shape index (κ3) is 4.57. The fourth-order valence-electron chi connectivity index (χ4n) is 4.16. The number of hydrogen-bond acceptors (Lipinski definition) is 5. The van der Waals surface area contributed by atoms with Crippen LogP contribution in [0.15, 0.2) is 48.5 Å². The lowest BCUT2D eigenvalue weighted by Gasteiger charge is -2.42. The summed E-state index contributed by atoms with van der Waals surface area (Å²) in [4.78, 5) is 2.19. The van der Waals surface area contributed by atoms with Crippen molar-refractivity contribution in [3.63, 3.8) is 0 Å². The minimum Gasteiger partial charge on any atom is -0.492 e. The Morgan fingerprint density at radius 2 is 1.93 bits per heavy atom. The second-order valence-electron chi connectivity index (χ2n) is 8.03. The van der Waals surface area contributed by atoms with E-state index < -0.39 is 10.0 Å². The van der Waals surface area contributed by atoms with Crippen LogP contribution in [0.5, 0.6) is 5.75 Å². The van der Waals surface area contributed by atoms with Crippen LogP contribution < -0.4 is 20.1 Å². The van der Waals surface area contributed by atoms with Gasteiger partial charge in [0.25, 0.3) is 0 Å². The van der Waals surface area contributed by atoms with Crippen molar-refractivity contribution in [3.05, 3.63) is 59.7 Å². The quantitative estimate of drug-likeness (QED) is 0.725. The average molecular weight is 416 g/mol. The zero-order valence-corrected chi connectivity index (χ0v) is 17.6. The Kier molecular flexibility index (Phi) is 5.81. The Bertz CT molecular complexity index is 943. The monoisotopic (exact) mass is 415 g/mol. The molecule has 2 aromatic carbocycles. The van der Waals surface area contributed by atoms with Gasteiger partial charge in [-0.1, -0.05) is 37.3 Å². The first kappa shape index (κ1) is 20.2. The molecule has 2 aliphatic heterocycles. The van der Waals surface area contributed by atoms with Crippen LogP contribution in [-0.2, 0) is 16.4 Å². The van der Waals surface area contributed by atoms with Crippen molar-refractivity contribution in [2.24, 2.45) is 5.73 Å². The normalized spacial score (nSPS) is 21.9. The molecule has 2 aliphatic rings. The molecular formula is C22H29N3O3S. The van der Waals surface area contributed by atoms with Gasteiger partial charge in [-0.25, -0.2) is 13.1 Å². The van der Waals surface area contributed by atoms with E-state index in [1.807, 2.05) is 25.1 Å². The molecule has 0 radical (unpaired) electrons. The number of rotatable bonds is 7. The van der Waals surface area contributed by atoms with Crippen molar-refractivity contribution in [1.82, 2.24) is 4.72 Å². The van der Waals surface area contributed by atoms with Crippen LogP contribution in [0.1, 0.15) is 30.4 Å². The summed E-state index contributed by atoms with van der Waals surface area (Å²) in [7, 11) is -3.18. The van der Waals surface area contributed by atoms with Crippen molar-refractivity contribution in [1.29, 1.82) is 0 Å². The van der Waals surface area contributed by atoms with Crippen molar-refractivity contribution >= 4 is 15.7 Å². The third-order valence-corrected chi connectivity index (χ3v) is 7.34. The Hall–Kier alpha value is -2.09. The maximum absolute atomic E-state index is 12.0. The first-order chi connectivity index (χ1) is 13.9. The van der Waals surface area contributed by atoms with Gasteiger partial charge in [0.15, 0.2) is 0 Å². The summed E-state index contributed by atoms with van der Waals surface area (Å²) in [5, 5.41) is 0. The fraction of sp³-hybridized carbons (Fsp3) is 0.455. The molecule has 2 heterocycles. The maximum Gasteiger partial charge on any atom is 0.211 e. The Labute approximate surface area is 173 Å². The molecule has 3 N–H and O–H groups in total. The van der Waals surface area contributed by atoms with E-state index in [1.54, 1.807) is 0 Å². The highest BCUT2D eigenvalue weighted by Crippen LogP contribution is 2.38. The molecule has 0 aromatic heterocycles. The van der Waals surface area contributed by atoms with Crippen LogP contribution in [0.2, 0.25) is 0 Å². The SMILES string of the molecule is CCCS(=O)(=O)NC1CN(c2ccc3c(c2)[C@H](Cc2ccccc2)[C@H](N)CO3)C1. The van der Waals surface area contributed by atoms with Gasteiger partial charge in [-0.05, 0) is 36.6 Å². The summed E-state index contributed by atoms with van der Waals surface area (Å²) in [6.07, 6.45) is 1.50. The molecule has 0 saturated carbocycles. The topological polar surface area (TPSA) is 84.7 Å². The van der Waals surface area contributed by atoms with Crippen molar-refractivity contribution in [2.75, 3.05) is 30.3 Å². The Morgan fingerprint density at radius 1 is 1.17 bits per heavy atom. The molecule has 6 nitrogen and oxygen atoms in total. The van der Waals surface area contributed by atoms with Gasteiger partial charge in [-0.15, -0.1) is 0 Å². The van der Waals surface area contributed by atoms with E-state index in [1.165, 1.54) is 5.56 Å². The number of anilines is 1. The second kappa shape index (κ2) is 8.34. The van der Waals surface area contributed by atoms with Gasteiger partial charge in [0.1, 0.15) is 12.4 Å². The minimum atomic E-state index is -3.18. The van der Waals surface area contributed by atoms with Gasteiger partial charge < -0.3 is 15.4 Å². The maximum atomic E-state index is 12.0. The van der Waals surface area contributed by atoms with Crippen LogP contribution in [0, 0.1) is 0 Å².